The number of tetrazole rings is 1. The van der Waals surface area contributed by atoms with E-state index < -0.39 is 0 Å². The first-order chi connectivity index (χ1) is 11.2. The first kappa shape index (κ1) is 15.3. The average molecular weight is 328 g/mol. The van der Waals surface area contributed by atoms with Crippen molar-refractivity contribution in [2.75, 3.05) is 0 Å². The van der Waals surface area contributed by atoms with Crippen molar-refractivity contribution < 1.29 is 4.79 Å². The SMILES string of the molecule is O=C(CCCn1nnc(-c2ccncc2)n1)c1ccc(Cl)cc1. The molecular weight excluding hydrogens is 314 g/mol. The number of carbonyl (C=O) groups excluding carboxylic acids is 1. The van der Waals surface area contributed by atoms with Crippen molar-refractivity contribution in [3.05, 3.63) is 59.4 Å². The largest absolute Gasteiger partial charge is 0.294 e. The summed E-state index contributed by atoms with van der Waals surface area (Å²) in [6, 6.07) is 10.6. The summed E-state index contributed by atoms with van der Waals surface area (Å²) in [4.78, 5) is 17.5. The lowest BCUT2D eigenvalue weighted by molar-refractivity contribution is 0.0977. The fourth-order valence-electron chi connectivity index (χ4n) is 2.12. The van der Waals surface area contributed by atoms with E-state index in [0.29, 0.717) is 35.8 Å². The van der Waals surface area contributed by atoms with Crippen molar-refractivity contribution >= 4 is 17.4 Å². The molecule has 6 nitrogen and oxygen atoms in total. The first-order valence-corrected chi connectivity index (χ1v) is 7.57. The number of rotatable bonds is 6. The number of benzene rings is 1. The minimum absolute atomic E-state index is 0.0798. The van der Waals surface area contributed by atoms with E-state index in [9.17, 15) is 4.79 Å². The van der Waals surface area contributed by atoms with Crippen LogP contribution in [0.25, 0.3) is 11.4 Å². The van der Waals surface area contributed by atoms with Gasteiger partial charge in [-0.05, 0) is 48.0 Å². The van der Waals surface area contributed by atoms with Crippen LogP contribution in [0.5, 0.6) is 0 Å². The van der Waals surface area contributed by atoms with E-state index >= 15 is 0 Å². The number of nitrogens with zero attached hydrogens (tertiary/aromatic N) is 5. The summed E-state index contributed by atoms with van der Waals surface area (Å²) in [7, 11) is 0. The van der Waals surface area contributed by atoms with E-state index in [1.54, 1.807) is 36.7 Å². The summed E-state index contributed by atoms with van der Waals surface area (Å²) < 4.78 is 0. The maximum absolute atomic E-state index is 12.1. The smallest absolute Gasteiger partial charge is 0.205 e. The number of pyridine rings is 1. The van der Waals surface area contributed by atoms with Crippen molar-refractivity contribution in [3.63, 3.8) is 0 Å². The molecule has 0 atom stereocenters. The van der Waals surface area contributed by atoms with Crippen LogP contribution in [0.3, 0.4) is 0 Å². The molecule has 23 heavy (non-hydrogen) atoms. The van der Waals surface area contributed by atoms with Gasteiger partial charge in [0.25, 0.3) is 0 Å². The Kier molecular flexibility index (Phi) is 4.73. The molecule has 1 aromatic carbocycles. The molecule has 116 valence electrons. The van der Waals surface area contributed by atoms with Gasteiger partial charge in [-0.2, -0.15) is 4.80 Å². The number of halogens is 1. The number of hydrogen-bond donors (Lipinski definition) is 0. The van der Waals surface area contributed by atoms with Gasteiger partial charge in [-0.25, -0.2) is 0 Å². The van der Waals surface area contributed by atoms with Crippen molar-refractivity contribution in [1.29, 1.82) is 0 Å². The van der Waals surface area contributed by atoms with Gasteiger partial charge in [0.15, 0.2) is 5.78 Å². The predicted molar refractivity (Wildman–Crippen MR) is 86.1 cm³/mol. The van der Waals surface area contributed by atoms with E-state index in [2.05, 4.69) is 20.4 Å². The highest BCUT2D eigenvalue weighted by Crippen LogP contribution is 2.13. The molecule has 3 aromatic rings. The van der Waals surface area contributed by atoms with E-state index in [1.165, 1.54) is 4.80 Å². The Bertz CT molecular complexity index is 786. The van der Waals surface area contributed by atoms with E-state index in [1.807, 2.05) is 12.1 Å². The maximum Gasteiger partial charge on any atom is 0.205 e. The molecule has 0 radical (unpaired) electrons. The van der Waals surface area contributed by atoms with E-state index in [0.717, 1.165) is 5.56 Å². The molecule has 7 heteroatoms. The normalized spacial score (nSPS) is 10.7. The second-order valence-electron chi connectivity index (χ2n) is 4.98. The zero-order valence-electron chi connectivity index (χ0n) is 12.3. The summed E-state index contributed by atoms with van der Waals surface area (Å²) in [5.74, 6) is 0.632. The van der Waals surface area contributed by atoms with Crippen molar-refractivity contribution in [3.8, 4) is 11.4 Å². The molecule has 0 bridgehead atoms. The molecule has 2 aromatic heterocycles. The lowest BCUT2D eigenvalue weighted by Gasteiger charge is -2.01. The van der Waals surface area contributed by atoms with Crippen molar-refractivity contribution in [2.45, 2.75) is 19.4 Å². The second kappa shape index (κ2) is 7.11. The second-order valence-corrected chi connectivity index (χ2v) is 5.41. The Morgan fingerprint density at radius 2 is 1.83 bits per heavy atom. The zero-order chi connectivity index (χ0) is 16.1. The van der Waals surface area contributed by atoms with Crippen LogP contribution in [0.2, 0.25) is 5.02 Å². The van der Waals surface area contributed by atoms with Crippen LogP contribution in [0.1, 0.15) is 23.2 Å². The Morgan fingerprint density at radius 3 is 2.57 bits per heavy atom. The Balaban J connectivity index is 1.54. The van der Waals surface area contributed by atoms with Gasteiger partial charge in [0.05, 0.1) is 6.54 Å². The fraction of sp³-hybridized carbons (Fsp3) is 0.188. The molecule has 0 spiro atoms. The predicted octanol–water partition coefficient (Wildman–Crippen LogP) is 3.05. The first-order valence-electron chi connectivity index (χ1n) is 7.19. The van der Waals surface area contributed by atoms with Crippen LogP contribution in [0, 0.1) is 0 Å². The van der Waals surface area contributed by atoms with Gasteiger partial charge in [-0.3, -0.25) is 9.78 Å². The van der Waals surface area contributed by atoms with Crippen LogP contribution in [-0.2, 0) is 6.54 Å². The number of aromatic nitrogens is 5. The monoisotopic (exact) mass is 327 g/mol. The molecule has 3 rings (SSSR count). The van der Waals surface area contributed by atoms with Gasteiger partial charge >= 0.3 is 0 Å². The van der Waals surface area contributed by atoms with E-state index in [4.69, 9.17) is 11.6 Å². The molecule has 0 saturated heterocycles. The molecular formula is C16H14ClN5O. The topological polar surface area (TPSA) is 73.6 Å². The number of Topliss-reactive ketones (excluding diaryl/α,β-unsaturated/α-hetero) is 1. The van der Waals surface area contributed by atoms with Gasteiger partial charge in [-0.15, -0.1) is 10.2 Å². The van der Waals surface area contributed by atoms with Gasteiger partial charge in [-0.1, -0.05) is 11.6 Å². The average Bonchev–Trinajstić information content (AvgIpc) is 3.05. The summed E-state index contributed by atoms with van der Waals surface area (Å²) in [6.45, 7) is 0.539. The molecule has 0 N–H and O–H groups in total. The molecule has 0 fully saturated rings. The molecule has 0 aliphatic rings. The van der Waals surface area contributed by atoms with Crippen LogP contribution >= 0.6 is 11.6 Å². The summed E-state index contributed by atoms with van der Waals surface area (Å²) >= 11 is 5.81. The molecule has 0 aliphatic carbocycles. The lowest BCUT2D eigenvalue weighted by Crippen LogP contribution is -2.06. The van der Waals surface area contributed by atoms with Crippen LogP contribution < -0.4 is 0 Å². The molecule has 0 saturated carbocycles. The summed E-state index contributed by atoms with van der Waals surface area (Å²) in [5, 5.41) is 12.9. The number of aryl methyl sites for hydroxylation is 1. The third-order valence-corrected chi connectivity index (χ3v) is 3.57. The lowest BCUT2D eigenvalue weighted by atomic mass is 10.1. The van der Waals surface area contributed by atoms with Gasteiger partial charge in [0.1, 0.15) is 0 Å². The Labute approximate surface area is 138 Å². The van der Waals surface area contributed by atoms with Crippen LogP contribution in [0.4, 0.5) is 0 Å². The minimum Gasteiger partial charge on any atom is -0.294 e. The van der Waals surface area contributed by atoms with Crippen LogP contribution in [-0.4, -0.2) is 31.0 Å². The van der Waals surface area contributed by atoms with Gasteiger partial charge < -0.3 is 0 Å². The Morgan fingerprint density at radius 1 is 1.09 bits per heavy atom. The standard InChI is InChI=1S/C16H14ClN5O/c17-14-5-3-12(4-6-14)15(23)2-1-11-22-20-16(19-21-22)13-7-9-18-10-8-13/h3-10H,1-2,11H2. The van der Waals surface area contributed by atoms with Crippen molar-refractivity contribution in [1.82, 2.24) is 25.2 Å². The van der Waals surface area contributed by atoms with E-state index in [-0.39, 0.29) is 5.78 Å². The quantitative estimate of drug-likeness (QED) is 0.650. The third kappa shape index (κ3) is 3.98. The highest BCUT2D eigenvalue weighted by atomic mass is 35.5. The number of carbonyl (C=O) groups is 1. The van der Waals surface area contributed by atoms with Crippen LogP contribution in [0.15, 0.2) is 48.8 Å². The summed E-state index contributed by atoms with van der Waals surface area (Å²) in [6.07, 6.45) is 4.43. The molecule has 0 unspecified atom stereocenters. The number of hydrogen-bond acceptors (Lipinski definition) is 5. The zero-order valence-corrected chi connectivity index (χ0v) is 13.0. The molecule has 0 aliphatic heterocycles. The molecule has 0 amide bonds. The Hall–Kier alpha value is -2.60. The number of ketones is 1. The maximum atomic E-state index is 12.1. The fourth-order valence-corrected chi connectivity index (χ4v) is 2.24. The third-order valence-electron chi connectivity index (χ3n) is 3.32. The highest BCUT2D eigenvalue weighted by Gasteiger charge is 2.08. The van der Waals surface area contributed by atoms with Gasteiger partial charge in [0, 0.05) is 35.0 Å². The minimum atomic E-state index is 0.0798. The molecule has 2 heterocycles. The van der Waals surface area contributed by atoms with Gasteiger partial charge in [0.2, 0.25) is 5.82 Å². The summed E-state index contributed by atoms with van der Waals surface area (Å²) in [5.41, 5.74) is 1.53. The highest BCUT2D eigenvalue weighted by molar-refractivity contribution is 6.30. The van der Waals surface area contributed by atoms with Crippen molar-refractivity contribution in [2.24, 2.45) is 0 Å².